The van der Waals surface area contributed by atoms with Crippen LogP contribution in [-0.4, -0.2) is 16.2 Å². The van der Waals surface area contributed by atoms with Gasteiger partial charge in [-0.3, -0.25) is 4.57 Å². The summed E-state index contributed by atoms with van der Waals surface area (Å²) >= 11 is 0. The molecule has 2 rings (SSSR count). The SMILES string of the molecule is Cc1cn(C2CCCCO2)c(=O)nc1N. The van der Waals surface area contributed by atoms with Crippen molar-refractivity contribution in [1.29, 1.82) is 0 Å². The minimum absolute atomic E-state index is 0.168. The number of nitrogen functional groups attached to an aromatic ring is 1. The summed E-state index contributed by atoms with van der Waals surface area (Å²) in [6.07, 6.45) is 4.57. The first-order valence-electron chi connectivity index (χ1n) is 5.15. The maximum atomic E-state index is 11.6. The molecule has 2 N–H and O–H groups in total. The molecule has 2 heterocycles. The molecule has 1 unspecified atom stereocenters. The van der Waals surface area contributed by atoms with Gasteiger partial charge in [0, 0.05) is 18.4 Å². The number of aromatic nitrogens is 2. The van der Waals surface area contributed by atoms with E-state index in [1.165, 1.54) is 4.57 Å². The first-order valence-corrected chi connectivity index (χ1v) is 5.15. The zero-order chi connectivity index (χ0) is 10.8. The Morgan fingerprint density at radius 3 is 3.07 bits per heavy atom. The highest BCUT2D eigenvalue weighted by atomic mass is 16.5. The molecule has 1 atom stereocenters. The molecule has 0 aromatic carbocycles. The van der Waals surface area contributed by atoms with Crippen molar-refractivity contribution in [3.63, 3.8) is 0 Å². The summed E-state index contributed by atoms with van der Waals surface area (Å²) in [5.41, 5.74) is 6.03. The van der Waals surface area contributed by atoms with Crippen LogP contribution in [0.25, 0.3) is 0 Å². The number of nitrogens with two attached hydrogens (primary N) is 1. The van der Waals surface area contributed by atoms with Gasteiger partial charge < -0.3 is 10.5 Å². The van der Waals surface area contributed by atoms with Crippen LogP contribution in [0.1, 0.15) is 31.1 Å². The maximum absolute atomic E-state index is 11.6. The molecule has 0 aliphatic carbocycles. The van der Waals surface area contributed by atoms with Gasteiger partial charge in [-0.15, -0.1) is 0 Å². The van der Waals surface area contributed by atoms with Gasteiger partial charge in [-0.1, -0.05) is 0 Å². The third kappa shape index (κ3) is 2.02. The van der Waals surface area contributed by atoms with Crippen LogP contribution in [0, 0.1) is 6.92 Å². The molecular weight excluding hydrogens is 194 g/mol. The first-order chi connectivity index (χ1) is 7.18. The summed E-state index contributed by atoms with van der Waals surface area (Å²) in [6.45, 7) is 2.54. The van der Waals surface area contributed by atoms with E-state index in [0.29, 0.717) is 12.4 Å². The Morgan fingerprint density at radius 1 is 1.60 bits per heavy atom. The van der Waals surface area contributed by atoms with Gasteiger partial charge in [0.1, 0.15) is 12.0 Å². The van der Waals surface area contributed by atoms with Gasteiger partial charge in [0.05, 0.1) is 0 Å². The Bertz CT molecular complexity index is 408. The van der Waals surface area contributed by atoms with Gasteiger partial charge in [0.25, 0.3) is 0 Å². The zero-order valence-electron chi connectivity index (χ0n) is 8.77. The van der Waals surface area contributed by atoms with E-state index in [0.717, 1.165) is 24.8 Å². The Morgan fingerprint density at radius 2 is 2.40 bits per heavy atom. The van der Waals surface area contributed by atoms with Crippen LogP contribution in [0.4, 0.5) is 5.82 Å². The maximum Gasteiger partial charge on any atom is 0.351 e. The average molecular weight is 209 g/mol. The van der Waals surface area contributed by atoms with Gasteiger partial charge in [-0.05, 0) is 26.2 Å². The van der Waals surface area contributed by atoms with Crippen molar-refractivity contribution in [1.82, 2.24) is 9.55 Å². The van der Waals surface area contributed by atoms with Gasteiger partial charge >= 0.3 is 5.69 Å². The zero-order valence-corrected chi connectivity index (χ0v) is 8.77. The van der Waals surface area contributed by atoms with Crippen molar-refractivity contribution in [3.05, 3.63) is 22.2 Å². The van der Waals surface area contributed by atoms with Crippen LogP contribution in [0.3, 0.4) is 0 Å². The molecule has 1 aliphatic heterocycles. The summed E-state index contributed by atoms with van der Waals surface area (Å²) in [4.78, 5) is 15.3. The quantitative estimate of drug-likeness (QED) is 0.743. The lowest BCUT2D eigenvalue weighted by molar-refractivity contribution is -0.0348. The van der Waals surface area contributed by atoms with Crippen molar-refractivity contribution in [3.8, 4) is 0 Å². The van der Waals surface area contributed by atoms with Crippen LogP contribution < -0.4 is 11.4 Å². The van der Waals surface area contributed by atoms with E-state index in [1.54, 1.807) is 6.20 Å². The van der Waals surface area contributed by atoms with Gasteiger partial charge in [0.2, 0.25) is 0 Å². The van der Waals surface area contributed by atoms with E-state index in [4.69, 9.17) is 10.5 Å². The monoisotopic (exact) mass is 209 g/mol. The molecule has 5 heteroatoms. The largest absolute Gasteiger partial charge is 0.383 e. The highest BCUT2D eigenvalue weighted by Gasteiger charge is 2.17. The normalized spacial score (nSPS) is 21.5. The number of hydrogen-bond acceptors (Lipinski definition) is 4. The van der Waals surface area contributed by atoms with Gasteiger partial charge in [-0.2, -0.15) is 4.98 Å². The van der Waals surface area contributed by atoms with Crippen molar-refractivity contribution in [2.45, 2.75) is 32.4 Å². The van der Waals surface area contributed by atoms with E-state index in [2.05, 4.69) is 4.98 Å². The van der Waals surface area contributed by atoms with Crippen LogP contribution in [0.2, 0.25) is 0 Å². The van der Waals surface area contributed by atoms with Crippen molar-refractivity contribution < 1.29 is 4.74 Å². The summed E-state index contributed by atoms with van der Waals surface area (Å²) < 4.78 is 7.05. The molecule has 1 saturated heterocycles. The lowest BCUT2D eigenvalue weighted by Crippen LogP contribution is -2.31. The lowest BCUT2D eigenvalue weighted by Gasteiger charge is -2.24. The Balaban J connectivity index is 2.34. The molecular formula is C10H15N3O2. The minimum atomic E-state index is -0.329. The fourth-order valence-electron chi connectivity index (χ4n) is 1.73. The highest BCUT2D eigenvalue weighted by Crippen LogP contribution is 2.21. The van der Waals surface area contributed by atoms with Gasteiger partial charge in [0.15, 0.2) is 0 Å². The number of ether oxygens (including phenoxy) is 1. The fraction of sp³-hybridized carbons (Fsp3) is 0.600. The van der Waals surface area contributed by atoms with Crippen molar-refractivity contribution in [2.24, 2.45) is 0 Å². The Labute approximate surface area is 87.9 Å². The van der Waals surface area contributed by atoms with Crippen LogP contribution >= 0.6 is 0 Å². The molecule has 1 aliphatic rings. The average Bonchev–Trinajstić information content (AvgIpc) is 2.25. The predicted octanol–water partition coefficient (Wildman–Crippen LogP) is 0.833. The Hall–Kier alpha value is -1.36. The third-order valence-electron chi connectivity index (χ3n) is 2.64. The molecule has 1 aromatic rings. The Kier molecular flexibility index (Phi) is 2.73. The van der Waals surface area contributed by atoms with Crippen LogP contribution in [0.5, 0.6) is 0 Å². The standard InChI is InChI=1S/C10H15N3O2/c1-7-6-13(10(14)12-9(7)11)8-4-2-3-5-15-8/h6,8H,2-5H2,1H3,(H2,11,12,14). The summed E-state index contributed by atoms with van der Waals surface area (Å²) in [5.74, 6) is 0.298. The topological polar surface area (TPSA) is 70.1 Å². The summed E-state index contributed by atoms with van der Waals surface area (Å²) in [7, 11) is 0. The van der Waals surface area contributed by atoms with Crippen molar-refractivity contribution >= 4 is 5.82 Å². The molecule has 0 saturated carbocycles. The fourth-order valence-corrected chi connectivity index (χ4v) is 1.73. The smallest absolute Gasteiger partial charge is 0.351 e. The molecule has 0 amide bonds. The molecule has 0 bridgehead atoms. The van der Waals surface area contributed by atoms with E-state index in [-0.39, 0.29) is 11.9 Å². The second-order valence-corrected chi connectivity index (χ2v) is 3.82. The second-order valence-electron chi connectivity index (χ2n) is 3.82. The van der Waals surface area contributed by atoms with Crippen LogP contribution in [-0.2, 0) is 4.74 Å². The molecule has 82 valence electrons. The second kappa shape index (κ2) is 4.02. The minimum Gasteiger partial charge on any atom is -0.383 e. The number of aryl methyl sites for hydroxylation is 1. The lowest BCUT2D eigenvalue weighted by atomic mass is 10.2. The predicted molar refractivity (Wildman–Crippen MR) is 56.5 cm³/mol. The third-order valence-corrected chi connectivity index (χ3v) is 2.64. The van der Waals surface area contributed by atoms with E-state index < -0.39 is 0 Å². The van der Waals surface area contributed by atoms with E-state index >= 15 is 0 Å². The molecule has 0 spiro atoms. The van der Waals surface area contributed by atoms with Crippen LogP contribution in [0.15, 0.2) is 11.0 Å². The summed E-state index contributed by atoms with van der Waals surface area (Å²) in [6, 6.07) is 0. The van der Waals surface area contributed by atoms with Crippen molar-refractivity contribution in [2.75, 3.05) is 12.3 Å². The highest BCUT2D eigenvalue weighted by molar-refractivity contribution is 5.35. The molecule has 0 radical (unpaired) electrons. The first kappa shape index (κ1) is 10.2. The summed E-state index contributed by atoms with van der Waals surface area (Å²) in [5, 5.41) is 0. The molecule has 1 aromatic heterocycles. The number of anilines is 1. The molecule has 5 nitrogen and oxygen atoms in total. The van der Waals surface area contributed by atoms with E-state index in [1.807, 2.05) is 6.92 Å². The van der Waals surface area contributed by atoms with Gasteiger partial charge in [-0.25, -0.2) is 4.79 Å². The molecule has 1 fully saturated rings. The number of nitrogens with zero attached hydrogens (tertiary/aromatic N) is 2. The number of hydrogen-bond donors (Lipinski definition) is 1. The number of rotatable bonds is 1. The van der Waals surface area contributed by atoms with E-state index in [9.17, 15) is 4.79 Å². The molecule has 15 heavy (non-hydrogen) atoms.